The molecular formula is C10H21BN2O4. The van der Waals surface area contributed by atoms with E-state index in [0.29, 0.717) is 32.1 Å². The quantitative estimate of drug-likeness (QED) is 0.293. The van der Waals surface area contributed by atoms with Gasteiger partial charge < -0.3 is 26.6 Å². The van der Waals surface area contributed by atoms with Gasteiger partial charge in [0.2, 0.25) is 0 Å². The topological polar surface area (TPSA) is 130 Å². The molecule has 0 heterocycles. The normalized spacial score (nSPS) is 27.1. The molecule has 7 N–H and O–H groups in total. The Labute approximate surface area is 101 Å². The summed E-state index contributed by atoms with van der Waals surface area (Å²) in [6, 6.07) is 0.0709. The lowest BCUT2D eigenvalue weighted by Crippen LogP contribution is -2.60. The monoisotopic (exact) mass is 244 g/mol. The van der Waals surface area contributed by atoms with Crippen LogP contribution in [0, 0.1) is 5.92 Å². The van der Waals surface area contributed by atoms with Crippen LogP contribution in [0.15, 0.2) is 0 Å². The number of carbonyl (C=O) groups is 1. The third kappa shape index (κ3) is 3.67. The zero-order valence-corrected chi connectivity index (χ0v) is 9.88. The summed E-state index contributed by atoms with van der Waals surface area (Å²) in [5.74, 6) is -1.05. The van der Waals surface area contributed by atoms with Crippen molar-refractivity contribution >= 4 is 13.1 Å². The van der Waals surface area contributed by atoms with Gasteiger partial charge in [-0.15, -0.1) is 0 Å². The Bertz CT molecular complexity index is 271. The highest BCUT2D eigenvalue weighted by Gasteiger charge is 2.47. The smallest absolute Gasteiger partial charge is 0.451 e. The van der Waals surface area contributed by atoms with Crippen molar-refractivity contribution in [2.75, 3.05) is 0 Å². The second-order valence-electron chi connectivity index (χ2n) is 5.00. The van der Waals surface area contributed by atoms with Gasteiger partial charge in [-0.25, -0.2) is 0 Å². The van der Waals surface area contributed by atoms with Crippen molar-refractivity contribution in [1.29, 1.82) is 0 Å². The van der Waals surface area contributed by atoms with Crippen molar-refractivity contribution < 1.29 is 19.9 Å². The van der Waals surface area contributed by atoms with Crippen LogP contribution in [0.1, 0.15) is 32.1 Å². The van der Waals surface area contributed by atoms with E-state index in [1.807, 2.05) is 0 Å². The molecule has 1 unspecified atom stereocenters. The minimum Gasteiger partial charge on any atom is -0.480 e. The first-order valence-electron chi connectivity index (χ1n) is 6.00. The van der Waals surface area contributed by atoms with E-state index >= 15 is 0 Å². The molecule has 0 bridgehead atoms. The van der Waals surface area contributed by atoms with Crippen molar-refractivity contribution in [3.63, 3.8) is 0 Å². The second kappa shape index (κ2) is 5.81. The number of hydrogen-bond donors (Lipinski definition) is 5. The number of hydrogen-bond acceptors (Lipinski definition) is 5. The number of carboxylic acid groups (broad SMARTS) is 1. The fraction of sp³-hybridized carbons (Fsp3) is 0.900. The standard InChI is InChI=1S/C10H21BN2O4/c12-8-5-7(6-8)10(13,9(14)15)3-1-2-4-11(16)17/h7-8,16-17H,1-6,12-13H2,(H,14,15)/t7-,8+,10?. The summed E-state index contributed by atoms with van der Waals surface area (Å²) >= 11 is 0. The number of aliphatic carboxylic acids is 1. The Hall–Kier alpha value is -0.625. The van der Waals surface area contributed by atoms with Gasteiger partial charge in [0, 0.05) is 6.04 Å². The molecule has 98 valence electrons. The van der Waals surface area contributed by atoms with Gasteiger partial charge >= 0.3 is 13.1 Å². The Morgan fingerprint density at radius 3 is 2.35 bits per heavy atom. The molecule has 1 saturated carbocycles. The highest BCUT2D eigenvalue weighted by atomic mass is 16.4. The minimum absolute atomic E-state index is 0.0611. The van der Waals surface area contributed by atoms with E-state index in [9.17, 15) is 9.90 Å². The maximum absolute atomic E-state index is 11.2. The molecule has 17 heavy (non-hydrogen) atoms. The van der Waals surface area contributed by atoms with Crippen LogP contribution in [0.5, 0.6) is 0 Å². The molecule has 1 aliphatic carbocycles. The molecule has 0 amide bonds. The summed E-state index contributed by atoms with van der Waals surface area (Å²) in [7, 11) is -1.33. The molecule has 7 heteroatoms. The number of carboxylic acids is 1. The van der Waals surface area contributed by atoms with E-state index < -0.39 is 18.6 Å². The van der Waals surface area contributed by atoms with Crippen molar-refractivity contribution in [3.05, 3.63) is 0 Å². The average Bonchev–Trinajstić information content (AvgIpc) is 2.19. The van der Waals surface area contributed by atoms with E-state index in [1.54, 1.807) is 0 Å². The van der Waals surface area contributed by atoms with Crippen LogP contribution in [-0.2, 0) is 4.79 Å². The Kier molecular flexibility index (Phi) is 4.94. The number of rotatable bonds is 7. The third-order valence-corrected chi connectivity index (χ3v) is 3.60. The molecule has 0 aromatic carbocycles. The van der Waals surface area contributed by atoms with Gasteiger partial charge in [0.1, 0.15) is 5.54 Å². The van der Waals surface area contributed by atoms with E-state index in [0.717, 1.165) is 0 Å². The molecule has 0 aromatic rings. The van der Waals surface area contributed by atoms with E-state index in [2.05, 4.69) is 0 Å². The lowest BCUT2D eigenvalue weighted by molar-refractivity contribution is -0.147. The molecule has 0 spiro atoms. The summed E-state index contributed by atoms with van der Waals surface area (Å²) in [4.78, 5) is 11.2. The van der Waals surface area contributed by atoms with Crippen molar-refractivity contribution in [1.82, 2.24) is 0 Å². The summed E-state index contributed by atoms with van der Waals surface area (Å²) in [5, 5.41) is 26.6. The van der Waals surface area contributed by atoms with Crippen LogP contribution >= 0.6 is 0 Å². The summed E-state index contributed by atoms with van der Waals surface area (Å²) in [6.07, 6.45) is 3.05. The molecule has 0 saturated heterocycles. The maximum atomic E-state index is 11.2. The third-order valence-electron chi connectivity index (χ3n) is 3.60. The molecule has 1 fully saturated rings. The first-order valence-corrected chi connectivity index (χ1v) is 6.00. The van der Waals surface area contributed by atoms with Gasteiger partial charge in [0.25, 0.3) is 0 Å². The van der Waals surface area contributed by atoms with E-state index in [-0.39, 0.29) is 18.3 Å². The van der Waals surface area contributed by atoms with Gasteiger partial charge in [-0.05, 0) is 31.5 Å². The van der Waals surface area contributed by atoms with Crippen LogP contribution in [0.3, 0.4) is 0 Å². The Morgan fingerprint density at radius 1 is 1.35 bits per heavy atom. The number of unbranched alkanes of at least 4 members (excludes halogenated alkanes) is 1. The molecule has 0 aromatic heterocycles. The van der Waals surface area contributed by atoms with Crippen LogP contribution in [0.25, 0.3) is 0 Å². The van der Waals surface area contributed by atoms with Crippen LogP contribution in [0.2, 0.25) is 6.32 Å². The van der Waals surface area contributed by atoms with Crippen molar-refractivity contribution in [2.45, 2.75) is 50.0 Å². The van der Waals surface area contributed by atoms with Crippen LogP contribution in [0.4, 0.5) is 0 Å². The predicted octanol–water partition coefficient (Wildman–Crippen LogP) is -0.851. The zero-order valence-electron chi connectivity index (χ0n) is 9.88. The number of nitrogens with two attached hydrogens (primary N) is 2. The lowest BCUT2D eigenvalue weighted by atomic mass is 9.66. The van der Waals surface area contributed by atoms with Crippen LogP contribution < -0.4 is 11.5 Å². The molecular weight excluding hydrogens is 223 g/mol. The Balaban J connectivity index is 2.40. The first kappa shape index (κ1) is 14.4. The lowest BCUT2D eigenvalue weighted by Gasteiger charge is -2.43. The van der Waals surface area contributed by atoms with Gasteiger partial charge in [-0.3, -0.25) is 4.79 Å². The SMILES string of the molecule is NC(CCCCB(O)O)(C(=O)O)[C@H]1C[C@@H](N)C1. The molecule has 1 aliphatic rings. The minimum atomic E-state index is -1.33. The molecule has 0 radical (unpaired) electrons. The first-order chi connectivity index (χ1) is 7.86. The van der Waals surface area contributed by atoms with E-state index in [4.69, 9.17) is 21.5 Å². The maximum Gasteiger partial charge on any atom is 0.451 e. The van der Waals surface area contributed by atoms with Gasteiger partial charge in [-0.1, -0.05) is 12.8 Å². The molecule has 0 aliphatic heterocycles. The fourth-order valence-corrected chi connectivity index (χ4v) is 2.31. The van der Waals surface area contributed by atoms with Crippen LogP contribution in [-0.4, -0.2) is 39.8 Å². The summed E-state index contributed by atoms with van der Waals surface area (Å²) < 4.78 is 0. The van der Waals surface area contributed by atoms with Crippen molar-refractivity contribution in [3.8, 4) is 0 Å². The largest absolute Gasteiger partial charge is 0.480 e. The predicted molar refractivity (Wildman–Crippen MR) is 64.1 cm³/mol. The molecule has 6 nitrogen and oxygen atoms in total. The molecule has 1 rings (SSSR count). The zero-order chi connectivity index (χ0) is 13.1. The van der Waals surface area contributed by atoms with Gasteiger partial charge in [0.15, 0.2) is 0 Å². The fourth-order valence-electron chi connectivity index (χ4n) is 2.31. The van der Waals surface area contributed by atoms with Gasteiger partial charge in [-0.2, -0.15) is 0 Å². The second-order valence-corrected chi connectivity index (χ2v) is 5.00. The summed E-state index contributed by atoms with van der Waals surface area (Å²) in [6.45, 7) is 0. The summed E-state index contributed by atoms with van der Waals surface area (Å²) in [5.41, 5.74) is 10.4. The van der Waals surface area contributed by atoms with E-state index in [1.165, 1.54) is 0 Å². The average molecular weight is 244 g/mol. The highest BCUT2D eigenvalue weighted by Crippen LogP contribution is 2.37. The highest BCUT2D eigenvalue weighted by molar-refractivity contribution is 6.40. The van der Waals surface area contributed by atoms with Crippen molar-refractivity contribution in [2.24, 2.45) is 17.4 Å². The van der Waals surface area contributed by atoms with Gasteiger partial charge in [0.05, 0.1) is 0 Å². The Morgan fingerprint density at radius 2 is 1.94 bits per heavy atom. The molecule has 1 atom stereocenters.